The van der Waals surface area contributed by atoms with Crippen molar-refractivity contribution >= 4 is 27.0 Å². The molecule has 0 radical (unpaired) electrons. The molecule has 18 heavy (non-hydrogen) atoms. The Labute approximate surface area is 112 Å². The van der Waals surface area contributed by atoms with Crippen LogP contribution in [0.2, 0.25) is 0 Å². The Kier molecular flexibility index (Phi) is 2.67. The normalized spacial score (nSPS) is 11.1. The van der Waals surface area contributed by atoms with Crippen molar-refractivity contribution in [3.05, 3.63) is 52.3 Å². The Hall–Kier alpha value is -1.68. The van der Waals surface area contributed by atoms with Crippen molar-refractivity contribution in [1.29, 1.82) is 0 Å². The molecule has 3 rings (SSSR count). The van der Waals surface area contributed by atoms with E-state index in [0.29, 0.717) is 17.0 Å². The third-order valence-electron chi connectivity index (χ3n) is 2.70. The van der Waals surface area contributed by atoms with Crippen molar-refractivity contribution in [2.45, 2.75) is 6.92 Å². The number of rotatable bonds is 1. The Morgan fingerprint density at radius 3 is 2.83 bits per heavy atom. The molecule has 0 aliphatic carbocycles. The molecule has 0 N–H and O–H groups in total. The second kappa shape index (κ2) is 4.21. The van der Waals surface area contributed by atoms with Gasteiger partial charge in [0.2, 0.25) is 5.89 Å². The van der Waals surface area contributed by atoms with E-state index in [4.69, 9.17) is 4.42 Å². The maximum absolute atomic E-state index is 13.7. The molecule has 2 nitrogen and oxygen atoms in total. The first-order chi connectivity index (χ1) is 8.63. The molecule has 0 unspecified atom stereocenters. The first-order valence-electron chi connectivity index (χ1n) is 5.46. The lowest BCUT2D eigenvalue weighted by Gasteiger charge is -1.98. The lowest BCUT2D eigenvalue weighted by atomic mass is 10.2. The van der Waals surface area contributed by atoms with Crippen LogP contribution in [-0.2, 0) is 0 Å². The zero-order valence-corrected chi connectivity index (χ0v) is 11.2. The molecule has 0 saturated carbocycles. The van der Waals surface area contributed by atoms with Crippen LogP contribution < -0.4 is 0 Å². The molecule has 0 spiro atoms. The van der Waals surface area contributed by atoms with E-state index in [1.54, 1.807) is 12.1 Å². The zero-order chi connectivity index (χ0) is 12.7. The number of halogens is 2. The molecule has 1 aromatic heterocycles. The monoisotopic (exact) mass is 305 g/mol. The van der Waals surface area contributed by atoms with Gasteiger partial charge in [-0.2, -0.15) is 0 Å². The van der Waals surface area contributed by atoms with Crippen LogP contribution in [0, 0.1) is 12.7 Å². The Morgan fingerprint density at radius 1 is 1.17 bits per heavy atom. The van der Waals surface area contributed by atoms with Gasteiger partial charge >= 0.3 is 0 Å². The summed E-state index contributed by atoms with van der Waals surface area (Å²) in [5, 5.41) is 0. The van der Waals surface area contributed by atoms with Crippen LogP contribution in [0.4, 0.5) is 4.39 Å². The van der Waals surface area contributed by atoms with E-state index < -0.39 is 0 Å². The Morgan fingerprint density at radius 2 is 2.00 bits per heavy atom. The molecular formula is C14H9BrFNO. The van der Waals surface area contributed by atoms with Gasteiger partial charge in [-0.05, 0) is 42.8 Å². The SMILES string of the molecule is Cc1ccc2oc(-c3cc(Br)ccc3F)nc2c1. The number of benzene rings is 2. The molecule has 1 heterocycles. The van der Waals surface area contributed by atoms with Gasteiger partial charge in [0.1, 0.15) is 11.3 Å². The van der Waals surface area contributed by atoms with Gasteiger partial charge in [-0.25, -0.2) is 9.37 Å². The van der Waals surface area contributed by atoms with E-state index in [1.165, 1.54) is 6.07 Å². The van der Waals surface area contributed by atoms with E-state index in [2.05, 4.69) is 20.9 Å². The van der Waals surface area contributed by atoms with Gasteiger partial charge in [-0.3, -0.25) is 0 Å². The van der Waals surface area contributed by atoms with Gasteiger partial charge in [0.25, 0.3) is 0 Å². The summed E-state index contributed by atoms with van der Waals surface area (Å²) in [5.74, 6) is -0.0455. The number of aryl methyl sites for hydroxylation is 1. The third-order valence-corrected chi connectivity index (χ3v) is 3.20. The summed E-state index contributed by atoms with van der Waals surface area (Å²) in [7, 11) is 0. The molecule has 0 aliphatic rings. The number of nitrogens with zero attached hydrogens (tertiary/aromatic N) is 1. The fraction of sp³-hybridized carbons (Fsp3) is 0.0714. The lowest BCUT2D eigenvalue weighted by Crippen LogP contribution is -1.83. The maximum atomic E-state index is 13.7. The van der Waals surface area contributed by atoms with E-state index in [1.807, 2.05) is 25.1 Å². The highest BCUT2D eigenvalue weighted by Crippen LogP contribution is 2.28. The molecule has 0 bridgehead atoms. The van der Waals surface area contributed by atoms with Crippen LogP contribution in [-0.4, -0.2) is 4.98 Å². The lowest BCUT2D eigenvalue weighted by molar-refractivity contribution is 0.593. The minimum atomic E-state index is -0.346. The van der Waals surface area contributed by atoms with Gasteiger partial charge in [-0.15, -0.1) is 0 Å². The zero-order valence-electron chi connectivity index (χ0n) is 9.58. The van der Waals surface area contributed by atoms with Crippen LogP contribution in [0.25, 0.3) is 22.6 Å². The highest BCUT2D eigenvalue weighted by Gasteiger charge is 2.13. The van der Waals surface area contributed by atoms with Crippen molar-refractivity contribution in [2.24, 2.45) is 0 Å². The summed E-state index contributed by atoms with van der Waals surface area (Å²) in [4.78, 5) is 4.32. The molecule has 0 aliphatic heterocycles. The predicted octanol–water partition coefficient (Wildman–Crippen LogP) is 4.70. The van der Waals surface area contributed by atoms with E-state index in [0.717, 1.165) is 15.6 Å². The van der Waals surface area contributed by atoms with E-state index >= 15 is 0 Å². The minimum absolute atomic E-state index is 0.300. The quantitative estimate of drug-likeness (QED) is 0.651. The van der Waals surface area contributed by atoms with Crippen molar-refractivity contribution in [3.8, 4) is 11.5 Å². The minimum Gasteiger partial charge on any atom is -0.436 e. The predicted molar refractivity (Wildman–Crippen MR) is 71.8 cm³/mol. The van der Waals surface area contributed by atoms with Gasteiger partial charge in [0.15, 0.2) is 5.58 Å². The van der Waals surface area contributed by atoms with Crippen molar-refractivity contribution in [1.82, 2.24) is 4.98 Å². The van der Waals surface area contributed by atoms with E-state index in [-0.39, 0.29) is 5.82 Å². The largest absolute Gasteiger partial charge is 0.436 e. The number of fused-ring (bicyclic) bond motifs is 1. The molecule has 0 amide bonds. The van der Waals surface area contributed by atoms with Crippen molar-refractivity contribution < 1.29 is 8.81 Å². The fourth-order valence-electron chi connectivity index (χ4n) is 1.81. The van der Waals surface area contributed by atoms with Gasteiger partial charge in [0, 0.05) is 4.47 Å². The second-order valence-corrected chi connectivity index (χ2v) is 5.03. The van der Waals surface area contributed by atoms with Gasteiger partial charge < -0.3 is 4.42 Å². The molecule has 90 valence electrons. The molecule has 0 saturated heterocycles. The molecular weight excluding hydrogens is 297 g/mol. The summed E-state index contributed by atoms with van der Waals surface area (Å²) < 4.78 is 20.1. The molecule has 2 aromatic carbocycles. The highest BCUT2D eigenvalue weighted by atomic mass is 79.9. The summed E-state index contributed by atoms with van der Waals surface area (Å²) in [6, 6.07) is 10.4. The molecule has 0 atom stereocenters. The standard InChI is InChI=1S/C14H9BrFNO/c1-8-2-5-13-12(6-8)17-14(18-13)10-7-9(15)3-4-11(10)16/h2-7H,1H3. The number of aromatic nitrogens is 1. The summed E-state index contributed by atoms with van der Waals surface area (Å²) in [6.45, 7) is 1.98. The van der Waals surface area contributed by atoms with Crippen molar-refractivity contribution in [3.63, 3.8) is 0 Å². The van der Waals surface area contributed by atoms with Crippen LogP contribution >= 0.6 is 15.9 Å². The van der Waals surface area contributed by atoms with Crippen LogP contribution in [0.15, 0.2) is 45.3 Å². The summed E-state index contributed by atoms with van der Waals surface area (Å²) in [5.41, 5.74) is 2.86. The second-order valence-electron chi connectivity index (χ2n) is 4.11. The van der Waals surface area contributed by atoms with Gasteiger partial charge in [-0.1, -0.05) is 22.0 Å². The smallest absolute Gasteiger partial charge is 0.230 e. The van der Waals surface area contributed by atoms with Crippen molar-refractivity contribution in [2.75, 3.05) is 0 Å². The first-order valence-corrected chi connectivity index (χ1v) is 6.25. The van der Waals surface area contributed by atoms with Crippen LogP contribution in [0.3, 0.4) is 0 Å². The Balaban J connectivity index is 2.22. The number of oxazole rings is 1. The Bertz CT molecular complexity index is 736. The summed E-state index contributed by atoms with van der Waals surface area (Å²) >= 11 is 3.31. The summed E-state index contributed by atoms with van der Waals surface area (Å²) in [6.07, 6.45) is 0. The molecule has 0 fully saturated rings. The number of hydrogen-bond donors (Lipinski definition) is 0. The van der Waals surface area contributed by atoms with E-state index in [9.17, 15) is 4.39 Å². The third kappa shape index (κ3) is 1.93. The van der Waals surface area contributed by atoms with Gasteiger partial charge in [0.05, 0.1) is 5.56 Å². The molecule has 3 aromatic rings. The molecule has 4 heteroatoms. The average Bonchev–Trinajstić information content (AvgIpc) is 2.74. The fourth-order valence-corrected chi connectivity index (χ4v) is 2.18. The topological polar surface area (TPSA) is 26.0 Å². The average molecular weight is 306 g/mol. The maximum Gasteiger partial charge on any atom is 0.230 e. The first kappa shape index (κ1) is 11.4. The van der Waals surface area contributed by atoms with Crippen LogP contribution in [0.5, 0.6) is 0 Å². The van der Waals surface area contributed by atoms with Crippen LogP contribution in [0.1, 0.15) is 5.56 Å². The highest BCUT2D eigenvalue weighted by molar-refractivity contribution is 9.10. The number of hydrogen-bond acceptors (Lipinski definition) is 2.